The lowest BCUT2D eigenvalue weighted by Crippen LogP contribution is -2.45. The Morgan fingerprint density at radius 1 is 1.00 bits per heavy atom. The lowest BCUT2D eigenvalue weighted by atomic mass is 9.94. The van der Waals surface area contributed by atoms with E-state index in [9.17, 15) is 19.8 Å². The summed E-state index contributed by atoms with van der Waals surface area (Å²) in [5, 5.41) is 19.0. The molecule has 6 nitrogen and oxygen atoms in total. The molecule has 0 aromatic carbocycles. The third-order valence-electron chi connectivity index (χ3n) is 4.22. The van der Waals surface area contributed by atoms with Crippen molar-refractivity contribution in [3.05, 3.63) is 0 Å². The Morgan fingerprint density at radius 3 is 1.95 bits per heavy atom. The topological polar surface area (TPSA) is 81.1 Å². The lowest BCUT2D eigenvalue weighted by molar-refractivity contribution is -0.141. The molecule has 6 heteroatoms. The second-order valence-electron chi connectivity index (χ2n) is 6.13. The van der Waals surface area contributed by atoms with Gasteiger partial charge in [-0.15, -0.1) is 0 Å². The lowest BCUT2D eigenvalue weighted by Gasteiger charge is -2.34. The Kier molecular flexibility index (Phi) is 4.65. The van der Waals surface area contributed by atoms with Gasteiger partial charge in [-0.05, 0) is 12.8 Å². The maximum atomic E-state index is 12.3. The summed E-state index contributed by atoms with van der Waals surface area (Å²) in [6.07, 6.45) is -0.330. The van der Waals surface area contributed by atoms with E-state index in [1.165, 1.54) is 0 Å². The number of hydrogen-bond donors (Lipinski definition) is 2. The van der Waals surface area contributed by atoms with E-state index in [1.807, 2.05) is 18.7 Å². The highest BCUT2D eigenvalue weighted by Gasteiger charge is 2.37. The van der Waals surface area contributed by atoms with E-state index < -0.39 is 12.2 Å². The van der Waals surface area contributed by atoms with Gasteiger partial charge in [0.15, 0.2) is 0 Å². The van der Waals surface area contributed by atoms with Gasteiger partial charge in [0.1, 0.15) is 0 Å². The minimum absolute atomic E-state index is 0.00255. The molecule has 0 aromatic rings. The van der Waals surface area contributed by atoms with E-state index in [4.69, 9.17) is 0 Å². The highest BCUT2D eigenvalue weighted by Crippen LogP contribution is 2.23. The molecular weight excluding hydrogens is 260 g/mol. The molecule has 0 saturated carbocycles. The molecule has 2 saturated heterocycles. The van der Waals surface area contributed by atoms with E-state index in [1.54, 1.807) is 4.90 Å². The first-order chi connectivity index (χ1) is 9.40. The monoisotopic (exact) mass is 284 g/mol. The van der Waals surface area contributed by atoms with Gasteiger partial charge in [0.05, 0.1) is 12.2 Å². The second kappa shape index (κ2) is 6.10. The van der Waals surface area contributed by atoms with Crippen LogP contribution in [-0.2, 0) is 9.59 Å². The first-order valence-corrected chi connectivity index (χ1v) is 7.34. The summed E-state index contributed by atoms with van der Waals surface area (Å²) < 4.78 is 0. The van der Waals surface area contributed by atoms with Crippen molar-refractivity contribution < 1.29 is 19.8 Å². The fourth-order valence-electron chi connectivity index (χ4n) is 2.92. The molecule has 0 bridgehead atoms. The molecular formula is C14H24N2O4. The molecule has 2 heterocycles. The number of hydrogen-bond acceptors (Lipinski definition) is 4. The van der Waals surface area contributed by atoms with Gasteiger partial charge in [0.2, 0.25) is 11.8 Å². The van der Waals surface area contributed by atoms with Gasteiger partial charge in [-0.25, -0.2) is 0 Å². The Balaban J connectivity index is 1.85. The Labute approximate surface area is 119 Å². The molecule has 0 radical (unpaired) electrons. The molecule has 0 aromatic heterocycles. The zero-order chi connectivity index (χ0) is 14.9. The summed E-state index contributed by atoms with van der Waals surface area (Å²) >= 11 is 0. The highest BCUT2D eigenvalue weighted by atomic mass is 16.3. The summed E-state index contributed by atoms with van der Waals surface area (Å²) in [5.74, 6) is 0.0370. The first kappa shape index (κ1) is 15.3. The predicted octanol–water partition coefficient (Wildman–Crippen LogP) is -0.555. The van der Waals surface area contributed by atoms with Gasteiger partial charge < -0.3 is 20.0 Å². The number of carbonyl (C=O) groups excluding carboxylic acids is 2. The van der Waals surface area contributed by atoms with Gasteiger partial charge in [-0.3, -0.25) is 9.59 Å². The molecule has 114 valence electrons. The van der Waals surface area contributed by atoms with Crippen LogP contribution in [0.2, 0.25) is 0 Å². The number of β-amino-alcohol motifs (C(OH)–C–C–N with tert-alkyl or cyclic N) is 2. The van der Waals surface area contributed by atoms with Crippen LogP contribution in [0.5, 0.6) is 0 Å². The van der Waals surface area contributed by atoms with Crippen molar-refractivity contribution in [2.75, 3.05) is 26.2 Å². The van der Waals surface area contributed by atoms with Crippen molar-refractivity contribution in [2.24, 2.45) is 11.8 Å². The van der Waals surface area contributed by atoms with Gasteiger partial charge in [0.25, 0.3) is 0 Å². The molecule has 2 aliphatic rings. The number of nitrogens with zero attached hydrogens (tertiary/aromatic N) is 2. The first-order valence-electron chi connectivity index (χ1n) is 7.34. The minimum atomic E-state index is -0.832. The number of carbonyl (C=O) groups is 2. The fourth-order valence-corrected chi connectivity index (χ4v) is 2.92. The largest absolute Gasteiger partial charge is 0.388 e. The van der Waals surface area contributed by atoms with Gasteiger partial charge >= 0.3 is 0 Å². The Morgan fingerprint density at radius 2 is 1.50 bits per heavy atom. The summed E-state index contributed by atoms with van der Waals surface area (Å²) in [4.78, 5) is 27.5. The Bertz CT molecular complexity index is 367. The van der Waals surface area contributed by atoms with Gasteiger partial charge in [-0.2, -0.15) is 0 Å². The number of piperidine rings is 1. The third kappa shape index (κ3) is 3.12. The summed E-state index contributed by atoms with van der Waals surface area (Å²) in [6, 6.07) is 0. The number of rotatable bonds is 2. The maximum Gasteiger partial charge on any atom is 0.225 e. The SMILES string of the molecule is CC(C)C(=O)N1CCC(C(=O)N2CC(O)C(O)C2)CC1. The molecule has 2 aliphatic heterocycles. The van der Waals surface area contributed by atoms with E-state index in [0.717, 1.165) is 0 Å². The average molecular weight is 284 g/mol. The van der Waals surface area contributed by atoms with Gasteiger partial charge in [-0.1, -0.05) is 13.8 Å². The summed E-state index contributed by atoms with van der Waals surface area (Å²) in [7, 11) is 0. The van der Waals surface area contributed by atoms with E-state index in [0.29, 0.717) is 25.9 Å². The predicted molar refractivity (Wildman–Crippen MR) is 72.7 cm³/mol. The molecule has 20 heavy (non-hydrogen) atoms. The average Bonchev–Trinajstić information content (AvgIpc) is 2.77. The minimum Gasteiger partial charge on any atom is -0.388 e. The van der Waals surface area contributed by atoms with Crippen LogP contribution >= 0.6 is 0 Å². The molecule has 2 amide bonds. The van der Waals surface area contributed by atoms with Crippen molar-refractivity contribution in [3.63, 3.8) is 0 Å². The molecule has 2 rings (SSSR count). The van der Waals surface area contributed by atoms with Crippen molar-refractivity contribution in [2.45, 2.75) is 38.9 Å². The number of aliphatic hydroxyl groups is 2. The molecule has 2 N–H and O–H groups in total. The molecule has 0 aliphatic carbocycles. The maximum absolute atomic E-state index is 12.3. The smallest absolute Gasteiger partial charge is 0.225 e. The van der Waals surface area contributed by atoms with Crippen LogP contribution in [0.3, 0.4) is 0 Å². The second-order valence-corrected chi connectivity index (χ2v) is 6.13. The highest BCUT2D eigenvalue weighted by molar-refractivity contribution is 5.81. The summed E-state index contributed by atoms with van der Waals surface area (Å²) in [5.41, 5.74) is 0. The summed E-state index contributed by atoms with van der Waals surface area (Å²) in [6.45, 7) is 5.42. The number of aliphatic hydroxyl groups excluding tert-OH is 2. The van der Waals surface area contributed by atoms with Crippen LogP contribution in [0.1, 0.15) is 26.7 Å². The fraction of sp³-hybridized carbons (Fsp3) is 0.857. The Hall–Kier alpha value is -1.14. The van der Waals surface area contributed by atoms with Crippen molar-refractivity contribution >= 4 is 11.8 Å². The van der Waals surface area contributed by atoms with Crippen LogP contribution in [0.15, 0.2) is 0 Å². The van der Waals surface area contributed by atoms with Crippen LogP contribution in [0.25, 0.3) is 0 Å². The molecule has 2 fully saturated rings. The third-order valence-corrected chi connectivity index (χ3v) is 4.22. The zero-order valence-corrected chi connectivity index (χ0v) is 12.2. The van der Waals surface area contributed by atoms with Crippen molar-refractivity contribution in [1.29, 1.82) is 0 Å². The van der Waals surface area contributed by atoms with E-state index >= 15 is 0 Å². The molecule has 2 unspecified atom stereocenters. The van der Waals surface area contributed by atoms with Crippen LogP contribution in [0.4, 0.5) is 0 Å². The van der Waals surface area contributed by atoms with Crippen LogP contribution in [0, 0.1) is 11.8 Å². The number of amides is 2. The van der Waals surface area contributed by atoms with Crippen LogP contribution in [-0.4, -0.2) is 70.2 Å². The normalized spacial score (nSPS) is 28.2. The zero-order valence-electron chi connectivity index (χ0n) is 12.2. The van der Waals surface area contributed by atoms with E-state index in [-0.39, 0.29) is 36.7 Å². The van der Waals surface area contributed by atoms with Crippen molar-refractivity contribution in [3.8, 4) is 0 Å². The van der Waals surface area contributed by atoms with Gasteiger partial charge in [0, 0.05) is 38.0 Å². The van der Waals surface area contributed by atoms with Crippen molar-refractivity contribution in [1.82, 2.24) is 9.80 Å². The molecule has 0 spiro atoms. The molecule has 2 atom stereocenters. The standard InChI is InChI=1S/C14H24N2O4/c1-9(2)13(19)15-5-3-10(4-6-15)14(20)16-7-11(17)12(18)8-16/h9-12,17-18H,3-8H2,1-2H3. The van der Waals surface area contributed by atoms with Crippen LogP contribution < -0.4 is 0 Å². The number of likely N-dealkylation sites (tertiary alicyclic amines) is 2. The van der Waals surface area contributed by atoms with E-state index in [2.05, 4.69) is 0 Å². The quantitative estimate of drug-likeness (QED) is 0.712.